The molecular formula is C10H15N5. The Morgan fingerprint density at radius 3 is 2.87 bits per heavy atom. The van der Waals surface area contributed by atoms with Crippen LogP contribution in [0.25, 0.3) is 0 Å². The van der Waals surface area contributed by atoms with Gasteiger partial charge in [0, 0.05) is 12.6 Å². The van der Waals surface area contributed by atoms with Gasteiger partial charge in [-0.3, -0.25) is 0 Å². The standard InChI is InChI=1S/C10H15N5/c1-7(2)9(6-12)14-10-8(5-11)3-4-13-15-10/h3-4,7,9H,6,12H2,1-2H3,(H,14,15). The largest absolute Gasteiger partial charge is 0.363 e. The molecular weight excluding hydrogens is 190 g/mol. The minimum Gasteiger partial charge on any atom is -0.363 e. The second-order valence-corrected chi connectivity index (χ2v) is 3.64. The van der Waals surface area contributed by atoms with Crippen LogP contribution in [0.4, 0.5) is 5.82 Å². The van der Waals surface area contributed by atoms with Crippen LogP contribution in [0.2, 0.25) is 0 Å². The second-order valence-electron chi connectivity index (χ2n) is 3.64. The van der Waals surface area contributed by atoms with Crippen molar-refractivity contribution in [1.82, 2.24) is 10.2 Å². The third kappa shape index (κ3) is 2.89. The van der Waals surface area contributed by atoms with Gasteiger partial charge in [-0.2, -0.15) is 10.4 Å². The Bertz CT molecular complexity index is 355. The molecule has 0 radical (unpaired) electrons. The maximum Gasteiger partial charge on any atom is 0.166 e. The van der Waals surface area contributed by atoms with Crippen molar-refractivity contribution in [3.05, 3.63) is 17.8 Å². The fourth-order valence-corrected chi connectivity index (χ4v) is 1.20. The van der Waals surface area contributed by atoms with Crippen LogP contribution >= 0.6 is 0 Å². The summed E-state index contributed by atoms with van der Waals surface area (Å²) >= 11 is 0. The van der Waals surface area contributed by atoms with E-state index in [-0.39, 0.29) is 6.04 Å². The summed E-state index contributed by atoms with van der Waals surface area (Å²) in [4.78, 5) is 0. The van der Waals surface area contributed by atoms with Gasteiger partial charge < -0.3 is 11.1 Å². The first-order chi connectivity index (χ1) is 7.19. The molecule has 0 aliphatic heterocycles. The molecule has 1 aromatic heterocycles. The predicted octanol–water partition coefficient (Wildman–Crippen LogP) is 0.743. The fourth-order valence-electron chi connectivity index (χ4n) is 1.20. The first kappa shape index (κ1) is 11.4. The third-order valence-corrected chi connectivity index (χ3v) is 2.22. The molecule has 1 rings (SSSR count). The van der Waals surface area contributed by atoms with E-state index in [4.69, 9.17) is 11.0 Å². The Morgan fingerprint density at radius 2 is 2.33 bits per heavy atom. The average molecular weight is 205 g/mol. The summed E-state index contributed by atoms with van der Waals surface area (Å²) in [7, 11) is 0. The molecule has 0 aliphatic carbocycles. The molecule has 0 bridgehead atoms. The lowest BCUT2D eigenvalue weighted by Crippen LogP contribution is -2.34. The molecule has 5 heteroatoms. The minimum atomic E-state index is 0.105. The number of hydrogen-bond donors (Lipinski definition) is 2. The summed E-state index contributed by atoms with van der Waals surface area (Å²) in [6.45, 7) is 4.62. The van der Waals surface area contributed by atoms with Gasteiger partial charge in [-0.25, -0.2) is 0 Å². The lowest BCUT2D eigenvalue weighted by molar-refractivity contribution is 0.529. The SMILES string of the molecule is CC(C)C(CN)Nc1nnccc1C#N. The zero-order chi connectivity index (χ0) is 11.3. The van der Waals surface area contributed by atoms with Gasteiger partial charge in [0.05, 0.1) is 11.8 Å². The van der Waals surface area contributed by atoms with Crippen LogP contribution in [0.5, 0.6) is 0 Å². The molecule has 5 nitrogen and oxygen atoms in total. The van der Waals surface area contributed by atoms with Crippen LogP contribution in [-0.2, 0) is 0 Å². The topological polar surface area (TPSA) is 87.6 Å². The fraction of sp³-hybridized carbons (Fsp3) is 0.500. The highest BCUT2D eigenvalue weighted by atomic mass is 15.2. The van der Waals surface area contributed by atoms with E-state index in [9.17, 15) is 0 Å². The van der Waals surface area contributed by atoms with E-state index in [1.54, 1.807) is 6.07 Å². The van der Waals surface area contributed by atoms with Gasteiger partial charge in [0.1, 0.15) is 6.07 Å². The Kier molecular flexibility index (Phi) is 4.01. The zero-order valence-electron chi connectivity index (χ0n) is 8.94. The lowest BCUT2D eigenvalue weighted by atomic mass is 10.0. The first-order valence-corrected chi connectivity index (χ1v) is 4.87. The van der Waals surface area contributed by atoms with Crippen molar-refractivity contribution in [1.29, 1.82) is 5.26 Å². The normalized spacial score (nSPS) is 12.2. The van der Waals surface area contributed by atoms with E-state index in [1.807, 2.05) is 0 Å². The highest BCUT2D eigenvalue weighted by Crippen LogP contribution is 2.12. The molecule has 0 saturated carbocycles. The van der Waals surface area contributed by atoms with E-state index >= 15 is 0 Å². The molecule has 15 heavy (non-hydrogen) atoms. The van der Waals surface area contributed by atoms with Crippen LogP contribution in [0.15, 0.2) is 12.3 Å². The molecule has 0 amide bonds. The van der Waals surface area contributed by atoms with E-state index in [1.165, 1.54) is 6.20 Å². The summed E-state index contributed by atoms with van der Waals surface area (Å²) in [5, 5.41) is 19.6. The third-order valence-electron chi connectivity index (χ3n) is 2.22. The minimum absolute atomic E-state index is 0.105. The molecule has 1 heterocycles. The number of hydrogen-bond acceptors (Lipinski definition) is 5. The van der Waals surface area contributed by atoms with Gasteiger partial charge in [-0.05, 0) is 12.0 Å². The van der Waals surface area contributed by atoms with E-state index in [2.05, 4.69) is 35.4 Å². The van der Waals surface area contributed by atoms with Gasteiger partial charge in [0.2, 0.25) is 0 Å². The Hall–Kier alpha value is -1.67. The summed E-state index contributed by atoms with van der Waals surface area (Å²) in [6.07, 6.45) is 1.50. The van der Waals surface area contributed by atoms with E-state index in [0.717, 1.165) is 0 Å². The quantitative estimate of drug-likeness (QED) is 0.757. The summed E-state index contributed by atoms with van der Waals surface area (Å²) < 4.78 is 0. The smallest absolute Gasteiger partial charge is 0.166 e. The first-order valence-electron chi connectivity index (χ1n) is 4.87. The molecule has 1 atom stereocenters. The molecule has 1 aromatic rings. The van der Waals surface area contributed by atoms with Crippen LogP contribution in [0.1, 0.15) is 19.4 Å². The molecule has 80 valence electrons. The zero-order valence-corrected chi connectivity index (χ0v) is 8.94. The predicted molar refractivity (Wildman–Crippen MR) is 58.1 cm³/mol. The van der Waals surface area contributed by atoms with Gasteiger partial charge >= 0.3 is 0 Å². The van der Waals surface area contributed by atoms with Crippen molar-refractivity contribution in [2.24, 2.45) is 11.7 Å². The molecule has 0 fully saturated rings. The lowest BCUT2D eigenvalue weighted by Gasteiger charge is -2.20. The van der Waals surface area contributed by atoms with Gasteiger partial charge in [-0.1, -0.05) is 13.8 Å². The van der Waals surface area contributed by atoms with Crippen LogP contribution in [-0.4, -0.2) is 22.8 Å². The number of nitrogens with two attached hydrogens (primary N) is 1. The van der Waals surface area contributed by atoms with Crippen LogP contribution in [0.3, 0.4) is 0 Å². The average Bonchev–Trinajstić information content (AvgIpc) is 2.25. The van der Waals surface area contributed by atoms with Crippen molar-refractivity contribution in [2.45, 2.75) is 19.9 Å². The highest BCUT2D eigenvalue weighted by molar-refractivity contribution is 5.50. The molecule has 0 aromatic carbocycles. The molecule has 1 unspecified atom stereocenters. The number of nitriles is 1. The summed E-state index contributed by atoms with van der Waals surface area (Å²) in [6, 6.07) is 3.79. The highest BCUT2D eigenvalue weighted by Gasteiger charge is 2.13. The molecule has 0 saturated heterocycles. The number of aromatic nitrogens is 2. The maximum atomic E-state index is 8.85. The summed E-state index contributed by atoms with van der Waals surface area (Å²) in [5.41, 5.74) is 6.11. The number of rotatable bonds is 4. The van der Waals surface area contributed by atoms with Crippen molar-refractivity contribution < 1.29 is 0 Å². The Morgan fingerprint density at radius 1 is 1.60 bits per heavy atom. The monoisotopic (exact) mass is 205 g/mol. The van der Waals surface area contributed by atoms with E-state index in [0.29, 0.717) is 23.8 Å². The van der Waals surface area contributed by atoms with Crippen molar-refractivity contribution in [2.75, 3.05) is 11.9 Å². The van der Waals surface area contributed by atoms with Gasteiger partial charge in [-0.15, -0.1) is 5.10 Å². The number of nitrogens with one attached hydrogen (secondary N) is 1. The maximum absolute atomic E-state index is 8.85. The molecule has 0 aliphatic rings. The van der Waals surface area contributed by atoms with Crippen molar-refractivity contribution in [3.63, 3.8) is 0 Å². The molecule has 0 spiro atoms. The Balaban J connectivity index is 2.84. The second kappa shape index (κ2) is 5.27. The van der Waals surface area contributed by atoms with Crippen LogP contribution < -0.4 is 11.1 Å². The van der Waals surface area contributed by atoms with Gasteiger partial charge in [0.15, 0.2) is 5.82 Å². The van der Waals surface area contributed by atoms with Gasteiger partial charge in [0.25, 0.3) is 0 Å². The van der Waals surface area contributed by atoms with E-state index < -0.39 is 0 Å². The Labute approximate surface area is 89.3 Å². The van der Waals surface area contributed by atoms with Crippen LogP contribution in [0, 0.1) is 17.2 Å². The van der Waals surface area contributed by atoms with Crippen molar-refractivity contribution >= 4 is 5.82 Å². The summed E-state index contributed by atoms with van der Waals surface area (Å²) in [5.74, 6) is 0.882. The number of anilines is 1. The van der Waals surface area contributed by atoms with Crippen molar-refractivity contribution in [3.8, 4) is 6.07 Å². The molecule has 3 N–H and O–H groups in total. The number of nitrogens with zero attached hydrogens (tertiary/aromatic N) is 3.